The van der Waals surface area contributed by atoms with E-state index >= 15 is 0 Å². The van der Waals surface area contributed by atoms with Crippen LogP contribution < -0.4 is 17.7 Å². The summed E-state index contributed by atoms with van der Waals surface area (Å²) in [6.45, 7) is 5.65. The van der Waals surface area contributed by atoms with E-state index in [4.69, 9.17) is 0 Å². The molecule has 0 aliphatic carbocycles. The van der Waals surface area contributed by atoms with Crippen LogP contribution in [0.3, 0.4) is 0 Å². The maximum absolute atomic E-state index is 2.32. The van der Waals surface area contributed by atoms with E-state index in [1.807, 2.05) is 0 Å². The summed E-state index contributed by atoms with van der Waals surface area (Å²) >= 11 is 0. The zero-order chi connectivity index (χ0) is 15.4. The van der Waals surface area contributed by atoms with E-state index in [1.165, 1.54) is 96.3 Å². The van der Waals surface area contributed by atoms with Crippen molar-refractivity contribution in [3.63, 3.8) is 0 Å². The summed E-state index contributed by atoms with van der Waals surface area (Å²) in [5, 5.41) is 2.24. The maximum Gasteiger partial charge on any atom is 0.0885 e. The highest BCUT2D eigenvalue weighted by molar-refractivity contribution is 4.70. The monoisotopic (exact) mass is 331 g/mol. The number of unbranched alkanes of at least 4 members (excludes halogenated alkanes) is 14. The molecule has 0 aromatic carbocycles. The first-order chi connectivity index (χ1) is 10.4. The summed E-state index contributed by atoms with van der Waals surface area (Å²) in [4.78, 5) is 0. The third-order valence-electron chi connectivity index (χ3n) is 4.23. The lowest BCUT2D eigenvalue weighted by Gasteiger charge is -2.02. The third-order valence-corrected chi connectivity index (χ3v) is 4.23. The second-order valence-electron chi connectivity index (χ2n) is 6.46. The second-order valence-corrected chi connectivity index (χ2v) is 6.46. The molecular formula is C20H42ClN. The zero-order valence-electron chi connectivity index (χ0n) is 15.4. The van der Waals surface area contributed by atoms with Gasteiger partial charge in [0.1, 0.15) is 0 Å². The highest BCUT2D eigenvalue weighted by Crippen LogP contribution is 2.13. The molecule has 0 bridgehead atoms. The van der Waals surface area contributed by atoms with Crippen LogP contribution in [0.25, 0.3) is 0 Å². The van der Waals surface area contributed by atoms with Crippen molar-refractivity contribution in [2.24, 2.45) is 0 Å². The Morgan fingerprint density at radius 2 is 1.00 bits per heavy atom. The van der Waals surface area contributed by atoms with Crippen molar-refractivity contribution in [3.05, 3.63) is 12.3 Å². The van der Waals surface area contributed by atoms with Gasteiger partial charge in [-0.05, 0) is 25.8 Å². The molecule has 0 radical (unpaired) electrons. The Balaban J connectivity index is 0. The fourth-order valence-corrected chi connectivity index (χ4v) is 2.79. The van der Waals surface area contributed by atoms with E-state index in [1.54, 1.807) is 0 Å². The number of nitrogens with two attached hydrogens (primary N) is 1. The predicted octanol–water partition coefficient (Wildman–Crippen LogP) is 2.96. The molecule has 0 aromatic heterocycles. The molecule has 0 aliphatic rings. The minimum atomic E-state index is 0. The fourth-order valence-electron chi connectivity index (χ4n) is 2.79. The highest BCUT2D eigenvalue weighted by atomic mass is 35.5. The summed E-state index contributed by atoms with van der Waals surface area (Å²) in [6.07, 6.45) is 26.1. The van der Waals surface area contributed by atoms with Gasteiger partial charge in [-0.25, -0.2) is 0 Å². The van der Waals surface area contributed by atoms with Crippen molar-refractivity contribution >= 4 is 0 Å². The van der Waals surface area contributed by atoms with E-state index in [0.29, 0.717) is 0 Å². The molecule has 0 spiro atoms. The van der Waals surface area contributed by atoms with Gasteiger partial charge in [-0.2, -0.15) is 0 Å². The topological polar surface area (TPSA) is 16.6 Å². The van der Waals surface area contributed by atoms with E-state index in [9.17, 15) is 0 Å². The average molecular weight is 332 g/mol. The van der Waals surface area contributed by atoms with Crippen molar-refractivity contribution in [1.82, 2.24) is 0 Å². The standard InChI is InChI=1S/C20H41N.ClH/c1-3-5-6-7-8-9-10-11-12-13-14-15-16-17-18-19-20-21-4-2;/h19-21H,3-18H2,1-2H3;1H. The molecule has 2 N–H and O–H groups in total. The average Bonchev–Trinajstić information content (AvgIpc) is 2.50. The molecular weight excluding hydrogens is 290 g/mol. The predicted molar refractivity (Wildman–Crippen MR) is 96.5 cm³/mol. The number of rotatable bonds is 17. The summed E-state index contributed by atoms with van der Waals surface area (Å²) in [7, 11) is 0. The van der Waals surface area contributed by atoms with E-state index < -0.39 is 0 Å². The van der Waals surface area contributed by atoms with Gasteiger partial charge in [0.15, 0.2) is 0 Å². The van der Waals surface area contributed by atoms with Gasteiger partial charge in [-0.15, -0.1) is 0 Å². The lowest BCUT2D eigenvalue weighted by Crippen LogP contribution is -3.00. The molecule has 0 atom stereocenters. The Bertz CT molecular complexity index is 204. The molecule has 0 heterocycles. The Hall–Kier alpha value is -0.0100. The maximum atomic E-state index is 2.32. The van der Waals surface area contributed by atoms with Gasteiger partial charge >= 0.3 is 0 Å². The molecule has 0 fully saturated rings. The minimum Gasteiger partial charge on any atom is -1.00 e. The Kier molecular flexibility index (Phi) is 25.6. The quantitative estimate of drug-likeness (QED) is 0.395. The van der Waals surface area contributed by atoms with Crippen molar-refractivity contribution in [2.45, 2.75) is 110 Å². The fraction of sp³-hybridized carbons (Fsp3) is 0.900. The number of hydrogen-bond acceptors (Lipinski definition) is 0. The molecule has 22 heavy (non-hydrogen) atoms. The molecule has 0 saturated heterocycles. The molecule has 0 unspecified atom stereocenters. The van der Waals surface area contributed by atoms with Gasteiger partial charge in [-0.1, -0.05) is 90.4 Å². The lowest BCUT2D eigenvalue weighted by atomic mass is 10.0. The summed E-state index contributed by atoms with van der Waals surface area (Å²) in [5.74, 6) is 0. The van der Waals surface area contributed by atoms with Crippen LogP contribution in [-0.2, 0) is 0 Å². The van der Waals surface area contributed by atoms with Gasteiger partial charge in [0.25, 0.3) is 0 Å². The Morgan fingerprint density at radius 3 is 1.41 bits per heavy atom. The van der Waals surface area contributed by atoms with Crippen LogP contribution in [0.5, 0.6) is 0 Å². The summed E-state index contributed by atoms with van der Waals surface area (Å²) < 4.78 is 0. The van der Waals surface area contributed by atoms with Gasteiger partial charge in [-0.3, -0.25) is 0 Å². The van der Waals surface area contributed by atoms with Crippen LogP contribution in [0.1, 0.15) is 110 Å². The Morgan fingerprint density at radius 1 is 0.591 bits per heavy atom. The molecule has 0 amide bonds. The number of quaternary nitrogens is 1. The molecule has 0 aliphatic heterocycles. The van der Waals surface area contributed by atoms with Crippen LogP contribution in [0.4, 0.5) is 0 Å². The van der Waals surface area contributed by atoms with E-state index in [2.05, 4.69) is 31.4 Å². The molecule has 0 aromatic rings. The molecule has 0 saturated carbocycles. The van der Waals surface area contributed by atoms with E-state index in [0.717, 1.165) is 6.54 Å². The lowest BCUT2D eigenvalue weighted by molar-refractivity contribution is -0.584. The van der Waals surface area contributed by atoms with Crippen molar-refractivity contribution < 1.29 is 17.7 Å². The van der Waals surface area contributed by atoms with Crippen LogP contribution >= 0.6 is 0 Å². The van der Waals surface area contributed by atoms with Crippen LogP contribution in [-0.4, -0.2) is 6.54 Å². The van der Waals surface area contributed by atoms with Gasteiger partial charge in [0.05, 0.1) is 12.7 Å². The van der Waals surface area contributed by atoms with E-state index in [-0.39, 0.29) is 12.4 Å². The van der Waals surface area contributed by atoms with Crippen LogP contribution in [0.2, 0.25) is 0 Å². The first kappa shape index (κ1) is 24.2. The molecule has 0 rings (SSSR count). The number of halogens is 1. The summed E-state index contributed by atoms with van der Waals surface area (Å²) in [5.41, 5.74) is 0. The third kappa shape index (κ3) is 22.3. The van der Waals surface area contributed by atoms with Crippen LogP contribution in [0, 0.1) is 0 Å². The minimum absolute atomic E-state index is 0. The van der Waals surface area contributed by atoms with Crippen molar-refractivity contribution in [3.8, 4) is 0 Å². The molecule has 1 nitrogen and oxygen atoms in total. The zero-order valence-corrected chi connectivity index (χ0v) is 16.2. The smallest absolute Gasteiger partial charge is 0.0885 e. The Labute approximate surface area is 147 Å². The van der Waals surface area contributed by atoms with Gasteiger partial charge in [0.2, 0.25) is 0 Å². The van der Waals surface area contributed by atoms with Crippen molar-refractivity contribution in [2.75, 3.05) is 6.54 Å². The summed E-state index contributed by atoms with van der Waals surface area (Å²) in [6, 6.07) is 0. The molecule has 2 heteroatoms. The first-order valence-corrected chi connectivity index (χ1v) is 9.90. The van der Waals surface area contributed by atoms with Crippen molar-refractivity contribution in [1.29, 1.82) is 0 Å². The first-order valence-electron chi connectivity index (χ1n) is 9.90. The highest BCUT2D eigenvalue weighted by Gasteiger charge is 1.93. The number of hydrogen-bond donors (Lipinski definition) is 1. The second kappa shape index (κ2) is 23.3. The largest absolute Gasteiger partial charge is 1.00 e. The van der Waals surface area contributed by atoms with Crippen LogP contribution in [0.15, 0.2) is 12.3 Å². The van der Waals surface area contributed by atoms with Gasteiger partial charge < -0.3 is 17.7 Å². The SMILES string of the molecule is CCCCCCCCCCCCCCCCC=C[NH2+]CC.[Cl-]. The van der Waals surface area contributed by atoms with Gasteiger partial charge in [0, 0.05) is 0 Å². The molecule has 134 valence electrons. The normalized spacial score (nSPS) is 11.0. The number of allylic oxidation sites excluding steroid dienone is 1.